The average Bonchev–Trinajstić information content (AvgIpc) is 2.48. The van der Waals surface area contributed by atoms with Gasteiger partial charge in [-0.2, -0.15) is 0 Å². The maximum absolute atomic E-state index is 12.0. The van der Waals surface area contributed by atoms with Crippen LogP contribution in [0.2, 0.25) is 0 Å². The van der Waals surface area contributed by atoms with Crippen LogP contribution in [0.1, 0.15) is 25.3 Å². The first-order valence-electron chi connectivity index (χ1n) is 6.76. The smallest absolute Gasteiger partial charge is 0.339 e. The van der Waals surface area contributed by atoms with Crippen molar-refractivity contribution in [3.63, 3.8) is 0 Å². The number of hydrogen-bond acceptors (Lipinski definition) is 5. The highest BCUT2D eigenvalue weighted by Gasteiger charge is 2.19. The van der Waals surface area contributed by atoms with Gasteiger partial charge in [0.15, 0.2) is 5.78 Å². The first kappa shape index (κ1) is 17.5. The van der Waals surface area contributed by atoms with Crippen LogP contribution in [0.15, 0.2) is 29.8 Å². The molecule has 1 rings (SSSR count). The van der Waals surface area contributed by atoms with Gasteiger partial charge < -0.3 is 9.84 Å². The van der Waals surface area contributed by atoms with Crippen LogP contribution in [-0.2, 0) is 14.3 Å². The van der Waals surface area contributed by atoms with Crippen LogP contribution in [0.3, 0.4) is 0 Å². The Hall–Kier alpha value is -2.54. The molecule has 0 amide bonds. The SMILES string of the molecule is CCOCCCC(=O)C(=Cc1ccccc1[N+](=O)[O-])C(=O)O. The predicted molar refractivity (Wildman–Crippen MR) is 79.4 cm³/mol. The zero-order valence-electron chi connectivity index (χ0n) is 12.2. The monoisotopic (exact) mass is 307 g/mol. The number of rotatable bonds is 9. The first-order chi connectivity index (χ1) is 10.5. The Balaban J connectivity index is 2.98. The van der Waals surface area contributed by atoms with Crippen LogP contribution in [0.5, 0.6) is 0 Å². The summed E-state index contributed by atoms with van der Waals surface area (Å²) in [7, 11) is 0. The molecule has 0 spiro atoms. The number of ketones is 1. The molecule has 0 unspecified atom stereocenters. The highest BCUT2D eigenvalue weighted by Crippen LogP contribution is 2.21. The van der Waals surface area contributed by atoms with Crippen molar-refractivity contribution in [1.82, 2.24) is 0 Å². The van der Waals surface area contributed by atoms with E-state index in [0.717, 1.165) is 6.08 Å². The molecule has 7 heteroatoms. The third kappa shape index (κ3) is 5.10. The number of nitro benzene ring substituents is 1. The number of benzene rings is 1. The molecule has 7 nitrogen and oxygen atoms in total. The summed E-state index contributed by atoms with van der Waals surface area (Å²) in [6.07, 6.45) is 1.45. The van der Waals surface area contributed by atoms with Crippen molar-refractivity contribution in [3.05, 3.63) is 45.5 Å². The van der Waals surface area contributed by atoms with Gasteiger partial charge in [-0.1, -0.05) is 12.1 Å². The molecule has 118 valence electrons. The van der Waals surface area contributed by atoms with Crippen molar-refractivity contribution in [3.8, 4) is 0 Å². The van der Waals surface area contributed by atoms with E-state index in [1.165, 1.54) is 24.3 Å². The van der Waals surface area contributed by atoms with E-state index >= 15 is 0 Å². The third-order valence-electron chi connectivity index (χ3n) is 2.86. The summed E-state index contributed by atoms with van der Waals surface area (Å²) in [5.74, 6) is -1.98. The molecule has 1 aromatic carbocycles. The van der Waals surface area contributed by atoms with E-state index in [0.29, 0.717) is 19.6 Å². The highest BCUT2D eigenvalue weighted by atomic mass is 16.6. The summed E-state index contributed by atoms with van der Waals surface area (Å²) in [5, 5.41) is 20.1. The molecule has 0 aromatic heterocycles. The topological polar surface area (TPSA) is 107 Å². The number of ether oxygens (including phenoxy) is 1. The molecule has 1 N–H and O–H groups in total. The summed E-state index contributed by atoms with van der Waals surface area (Å²) < 4.78 is 5.08. The lowest BCUT2D eigenvalue weighted by molar-refractivity contribution is -0.385. The Kier molecular flexibility index (Phi) is 6.91. The number of carboxylic acid groups (broad SMARTS) is 1. The van der Waals surface area contributed by atoms with Crippen LogP contribution in [0.25, 0.3) is 6.08 Å². The maximum Gasteiger partial charge on any atom is 0.339 e. The summed E-state index contributed by atoms with van der Waals surface area (Å²) >= 11 is 0. The third-order valence-corrected chi connectivity index (χ3v) is 2.86. The van der Waals surface area contributed by atoms with E-state index < -0.39 is 22.2 Å². The van der Waals surface area contributed by atoms with Crippen LogP contribution < -0.4 is 0 Å². The zero-order chi connectivity index (χ0) is 16.5. The summed E-state index contributed by atoms with van der Waals surface area (Å²) in [5.41, 5.74) is -0.628. The van der Waals surface area contributed by atoms with E-state index in [1.807, 2.05) is 6.92 Å². The predicted octanol–water partition coefficient (Wildman–Crippen LogP) is 2.45. The minimum Gasteiger partial charge on any atom is -0.478 e. The lowest BCUT2D eigenvalue weighted by Crippen LogP contribution is -2.13. The van der Waals surface area contributed by atoms with E-state index in [4.69, 9.17) is 9.84 Å². The molecule has 0 radical (unpaired) electrons. The summed E-state index contributed by atoms with van der Waals surface area (Å²) in [6, 6.07) is 5.66. The molecule has 0 aliphatic heterocycles. The Labute approximate surface area is 127 Å². The van der Waals surface area contributed by atoms with E-state index in [9.17, 15) is 19.7 Å². The number of hydrogen-bond donors (Lipinski definition) is 1. The summed E-state index contributed by atoms with van der Waals surface area (Å²) in [4.78, 5) is 33.5. The number of carboxylic acids is 1. The van der Waals surface area contributed by atoms with Gasteiger partial charge in [-0.15, -0.1) is 0 Å². The zero-order valence-corrected chi connectivity index (χ0v) is 12.2. The fourth-order valence-electron chi connectivity index (χ4n) is 1.81. The van der Waals surface area contributed by atoms with Crippen molar-refractivity contribution in [2.45, 2.75) is 19.8 Å². The lowest BCUT2D eigenvalue weighted by atomic mass is 10.0. The van der Waals surface area contributed by atoms with Crippen LogP contribution in [0.4, 0.5) is 5.69 Å². The molecule has 0 aliphatic carbocycles. The second kappa shape index (κ2) is 8.68. The molecule has 0 fully saturated rings. The Morgan fingerprint density at radius 1 is 1.36 bits per heavy atom. The van der Waals surface area contributed by atoms with Crippen molar-refractivity contribution in [2.24, 2.45) is 0 Å². The second-order valence-electron chi connectivity index (χ2n) is 4.40. The molecule has 0 aliphatic rings. The number of carbonyl (C=O) groups is 2. The molecule has 22 heavy (non-hydrogen) atoms. The van der Waals surface area contributed by atoms with Gasteiger partial charge in [-0.25, -0.2) is 4.79 Å². The Morgan fingerprint density at radius 3 is 2.64 bits per heavy atom. The summed E-state index contributed by atoms with van der Waals surface area (Å²) in [6.45, 7) is 2.70. The molecule has 0 saturated carbocycles. The van der Waals surface area contributed by atoms with Gasteiger partial charge in [0.05, 0.1) is 10.5 Å². The van der Waals surface area contributed by atoms with E-state index in [-0.39, 0.29) is 17.7 Å². The maximum atomic E-state index is 12.0. The molecule has 0 heterocycles. The standard InChI is InChI=1S/C15H17NO6/c1-2-22-9-5-8-14(17)12(15(18)19)10-11-6-3-4-7-13(11)16(20)21/h3-4,6-7,10H,2,5,8-9H2,1H3,(H,18,19). The first-order valence-corrected chi connectivity index (χ1v) is 6.76. The number of Topliss-reactive ketones (excluding diaryl/α,β-unsaturated/α-hetero) is 1. The van der Waals surface area contributed by atoms with Crippen molar-refractivity contribution in [1.29, 1.82) is 0 Å². The number of aliphatic carboxylic acids is 1. The van der Waals surface area contributed by atoms with Crippen LogP contribution >= 0.6 is 0 Å². The van der Waals surface area contributed by atoms with Crippen molar-refractivity contribution < 1.29 is 24.4 Å². The Bertz CT molecular complexity index is 593. The van der Waals surface area contributed by atoms with Gasteiger partial charge in [0.25, 0.3) is 5.69 Å². The van der Waals surface area contributed by atoms with Gasteiger partial charge in [0, 0.05) is 25.7 Å². The van der Waals surface area contributed by atoms with E-state index in [2.05, 4.69) is 0 Å². The largest absolute Gasteiger partial charge is 0.478 e. The number of para-hydroxylation sites is 1. The molecular formula is C15H17NO6. The van der Waals surface area contributed by atoms with Crippen molar-refractivity contribution >= 4 is 23.5 Å². The van der Waals surface area contributed by atoms with Crippen molar-refractivity contribution in [2.75, 3.05) is 13.2 Å². The average molecular weight is 307 g/mol. The fourth-order valence-corrected chi connectivity index (χ4v) is 1.81. The van der Waals surface area contributed by atoms with Gasteiger partial charge in [0.1, 0.15) is 5.57 Å². The molecule has 0 bridgehead atoms. The van der Waals surface area contributed by atoms with Gasteiger partial charge in [0.2, 0.25) is 0 Å². The second-order valence-corrected chi connectivity index (χ2v) is 4.40. The normalized spacial score (nSPS) is 11.2. The minimum atomic E-state index is -1.40. The van der Waals surface area contributed by atoms with Gasteiger partial charge >= 0.3 is 5.97 Å². The fraction of sp³-hybridized carbons (Fsp3) is 0.333. The van der Waals surface area contributed by atoms with Crippen LogP contribution in [-0.4, -0.2) is 35.0 Å². The lowest BCUT2D eigenvalue weighted by Gasteiger charge is -2.04. The molecule has 0 saturated heterocycles. The number of nitrogens with zero attached hydrogens (tertiary/aromatic N) is 1. The number of nitro groups is 1. The van der Waals surface area contributed by atoms with E-state index in [1.54, 1.807) is 0 Å². The Morgan fingerprint density at radius 2 is 2.05 bits per heavy atom. The molecule has 1 aromatic rings. The molecular weight excluding hydrogens is 290 g/mol. The number of carbonyl (C=O) groups excluding carboxylic acids is 1. The van der Waals surface area contributed by atoms with Gasteiger partial charge in [-0.05, 0) is 25.5 Å². The van der Waals surface area contributed by atoms with Gasteiger partial charge in [-0.3, -0.25) is 14.9 Å². The quantitative estimate of drug-likeness (QED) is 0.187. The minimum absolute atomic E-state index is 0.0127. The molecule has 0 atom stereocenters. The van der Waals surface area contributed by atoms with Crippen LogP contribution in [0, 0.1) is 10.1 Å². The highest BCUT2D eigenvalue weighted by molar-refractivity contribution is 6.20.